The SMILES string of the molecule is COC(=O)CCCCCNS(=O)(=O)CCc1ccccc1. The molecule has 21 heavy (non-hydrogen) atoms. The molecule has 5 nitrogen and oxygen atoms in total. The summed E-state index contributed by atoms with van der Waals surface area (Å²) in [6.07, 6.45) is 3.14. The van der Waals surface area contributed by atoms with Crippen molar-refractivity contribution in [2.75, 3.05) is 19.4 Å². The van der Waals surface area contributed by atoms with Gasteiger partial charge in [0, 0.05) is 13.0 Å². The molecule has 0 aliphatic heterocycles. The standard InChI is InChI=1S/C15H23NO4S/c1-20-15(17)10-6-3-7-12-16-21(18,19)13-11-14-8-4-2-5-9-14/h2,4-5,8-9,16H,3,6-7,10-13H2,1H3. The molecule has 0 amide bonds. The average molecular weight is 313 g/mol. The van der Waals surface area contributed by atoms with Crippen molar-refractivity contribution < 1.29 is 17.9 Å². The van der Waals surface area contributed by atoms with Gasteiger partial charge in [0.2, 0.25) is 10.0 Å². The fourth-order valence-electron chi connectivity index (χ4n) is 1.87. The predicted molar refractivity (Wildman–Crippen MR) is 82.4 cm³/mol. The molecule has 0 fully saturated rings. The van der Waals surface area contributed by atoms with Gasteiger partial charge in [-0.15, -0.1) is 0 Å². The molecule has 0 aliphatic rings. The Kier molecular flexibility index (Phi) is 8.00. The van der Waals surface area contributed by atoms with Gasteiger partial charge in [-0.2, -0.15) is 0 Å². The van der Waals surface area contributed by atoms with Gasteiger partial charge in [-0.1, -0.05) is 36.8 Å². The minimum absolute atomic E-state index is 0.0964. The van der Waals surface area contributed by atoms with E-state index in [1.54, 1.807) is 0 Å². The Labute approximate surface area is 126 Å². The van der Waals surface area contributed by atoms with Gasteiger partial charge in [-0.05, 0) is 24.8 Å². The van der Waals surface area contributed by atoms with E-state index in [1.807, 2.05) is 30.3 Å². The number of carbonyl (C=O) groups is 1. The molecular weight excluding hydrogens is 290 g/mol. The lowest BCUT2D eigenvalue weighted by Gasteiger charge is -2.06. The zero-order valence-electron chi connectivity index (χ0n) is 12.4. The molecule has 1 aromatic rings. The van der Waals surface area contributed by atoms with Gasteiger partial charge in [0.15, 0.2) is 0 Å². The summed E-state index contributed by atoms with van der Waals surface area (Å²) in [6.45, 7) is 0.415. The molecule has 6 heteroatoms. The average Bonchev–Trinajstić information content (AvgIpc) is 2.49. The molecule has 0 radical (unpaired) electrons. The Balaban J connectivity index is 2.14. The van der Waals surface area contributed by atoms with Crippen LogP contribution in [0.3, 0.4) is 0 Å². The van der Waals surface area contributed by atoms with E-state index in [-0.39, 0.29) is 11.7 Å². The molecule has 1 aromatic carbocycles. The molecule has 0 aromatic heterocycles. The first-order valence-corrected chi connectivity index (χ1v) is 8.77. The van der Waals surface area contributed by atoms with Crippen LogP contribution in [0, 0.1) is 0 Å². The van der Waals surface area contributed by atoms with Crippen LogP contribution in [0.15, 0.2) is 30.3 Å². The fraction of sp³-hybridized carbons (Fsp3) is 0.533. The Morgan fingerprint density at radius 1 is 1.14 bits per heavy atom. The van der Waals surface area contributed by atoms with Crippen molar-refractivity contribution in [1.82, 2.24) is 4.72 Å². The Morgan fingerprint density at radius 2 is 1.86 bits per heavy atom. The molecule has 0 atom stereocenters. The maximum absolute atomic E-state index is 11.8. The van der Waals surface area contributed by atoms with Gasteiger partial charge in [0.05, 0.1) is 12.9 Å². The van der Waals surface area contributed by atoms with Gasteiger partial charge >= 0.3 is 5.97 Å². The van der Waals surface area contributed by atoms with Crippen LogP contribution in [0.4, 0.5) is 0 Å². The van der Waals surface area contributed by atoms with Crippen molar-refractivity contribution in [1.29, 1.82) is 0 Å². The summed E-state index contributed by atoms with van der Waals surface area (Å²) in [5.74, 6) is -0.127. The van der Waals surface area contributed by atoms with Crippen LogP contribution in [-0.4, -0.2) is 33.8 Å². The molecule has 0 heterocycles. The minimum atomic E-state index is -3.23. The van der Waals surface area contributed by atoms with Crippen molar-refractivity contribution in [3.8, 4) is 0 Å². The largest absolute Gasteiger partial charge is 0.469 e. The minimum Gasteiger partial charge on any atom is -0.469 e. The van der Waals surface area contributed by atoms with E-state index < -0.39 is 10.0 Å². The molecular formula is C15H23NO4S. The Bertz CT molecular complexity index is 514. The first-order chi connectivity index (χ1) is 10.0. The molecule has 118 valence electrons. The molecule has 0 spiro atoms. The van der Waals surface area contributed by atoms with Gasteiger partial charge in [0.1, 0.15) is 0 Å². The van der Waals surface area contributed by atoms with Gasteiger partial charge in [-0.25, -0.2) is 13.1 Å². The zero-order valence-corrected chi connectivity index (χ0v) is 13.2. The third-order valence-electron chi connectivity index (χ3n) is 3.11. The summed E-state index contributed by atoms with van der Waals surface area (Å²) >= 11 is 0. The van der Waals surface area contributed by atoms with Gasteiger partial charge < -0.3 is 4.74 Å². The normalized spacial score (nSPS) is 11.3. The highest BCUT2D eigenvalue weighted by atomic mass is 32.2. The van der Waals surface area contributed by atoms with Gasteiger partial charge in [-0.3, -0.25) is 4.79 Å². The van der Waals surface area contributed by atoms with E-state index in [2.05, 4.69) is 9.46 Å². The lowest BCUT2D eigenvalue weighted by Crippen LogP contribution is -2.28. The number of unbranched alkanes of at least 4 members (excludes halogenated alkanes) is 2. The number of hydrogen-bond acceptors (Lipinski definition) is 4. The Hall–Kier alpha value is -1.40. The number of nitrogens with one attached hydrogen (secondary N) is 1. The number of methoxy groups -OCH3 is 1. The van der Waals surface area contributed by atoms with E-state index in [0.717, 1.165) is 24.8 Å². The molecule has 0 saturated heterocycles. The topological polar surface area (TPSA) is 72.5 Å². The van der Waals surface area contributed by atoms with Crippen LogP contribution >= 0.6 is 0 Å². The van der Waals surface area contributed by atoms with Crippen LogP contribution < -0.4 is 4.72 Å². The quantitative estimate of drug-likeness (QED) is 0.529. The second kappa shape index (κ2) is 9.52. The van der Waals surface area contributed by atoms with Crippen molar-refractivity contribution in [3.05, 3.63) is 35.9 Å². The lowest BCUT2D eigenvalue weighted by molar-refractivity contribution is -0.140. The number of rotatable bonds is 10. The van der Waals surface area contributed by atoms with Crippen LogP contribution in [-0.2, 0) is 26.0 Å². The predicted octanol–water partition coefficient (Wildman–Crippen LogP) is 1.88. The summed E-state index contributed by atoms with van der Waals surface area (Å²) in [5.41, 5.74) is 1.01. The summed E-state index contributed by atoms with van der Waals surface area (Å²) in [6, 6.07) is 9.54. The van der Waals surface area contributed by atoms with Crippen LogP contribution in [0.5, 0.6) is 0 Å². The summed E-state index contributed by atoms with van der Waals surface area (Å²) < 4.78 is 30.7. The Morgan fingerprint density at radius 3 is 2.52 bits per heavy atom. The number of sulfonamides is 1. The lowest BCUT2D eigenvalue weighted by atomic mass is 10.2. The second-order valence-electron chi connectivity index (χ2n) is 4.84. The monoisotopic (exact) mass is 313 g/mol. The van der Waals surface area contributed by atoms with Crippen LogP contribution in [0.25, 0.3) is 0 Å². The van der Waals surface area contributed by atoms with E-state index in [1.165, 1.54) is 7.11 Å². The van der Waals surface area contributed by atoms with E-state index in [9.17, 15) is 13.2 Å². The molecule has 1 N–H and O–H groups in total. The van der Waals surface area contributed by atoms with Crippen molar-refractivity contribution in [2.24, 2.45) is 0 Å². The van der Waals surface area contributed by atoms with E-state index in [4.69, 9.17) is 0 Å². The van der Waals surface area contributed by atoms with Crippen molar-refractivity contribution in [2.45, 2.75) is 32.1 Å². The first kappa shape index (κ1) is 17.7. The number of esters is 1. The number of aryl methyl sites for hydroxylation is 1. The van der Waals surface area contributed by atoms with E-state index >= 15 is 0 Å². The van der Waals surface area contributed by atoms with Crippen molar-refractivity contribution >= 4 is 16.0 Å². The molecule has 0 aliphatic carbocycles. The highest BCUT2D eigenvalue weighted by molar-refractivity contribution is 7.89. The van der Waals surface area contributed by atoms with Crippen LogP contribution in [0.2, 0.25) is 0 Å². The number of hydrogen-bond donors (Lipinski definition) is 1. The molecule has 0 bridgehead atoms. The number of carbonyl (C=O) groups excluding carboxylic acids is 1. The fourth-order valence-corrected chi connectivity index (χ4v) is 2.97. The number of ether oxygens (including phenoxy) is 1. The molecule has 1 rings (SSSR count). The maximum Gasteiger partial charge on any atom is 0.305 e. The molecule has 0 saturated carbocycles. The maximum atomic E-state index is 11.8. The third kappa shape index (κ3) is 8.47. The van der Waals surface area contributed by atoms with Crippen molar-refractivity contribution in [3.63, 3.8) is 0 Å². The zero-order chi connectivity index (χ0) is 15.6. The number of benzene rings is 1. The highest BCUT2D eigenvalue weighted by Crippen LogP contribution is 2.03. The summed E-state index contributed by atoms with van der Waals surface area (Å²) in [4.78, 5) is 10.9. The summed E-state index contributed by atoms with van der Waals surface area (Å²) in [5, 5.41) is 0. The second-order valence-corrected chi connectivity index (χ2v) is 6.76. The smallest absolute Gasteiger partial charge is 0.305 e. The van der Waals surface area contributed by atoms with Crippen LogP contribution in [0.1, 0.15) is 31.2 Å². The van der Waals surface area contributed by atoms with Gasteiger partial charge in [0.25, 0.3) is 0 Å². The summed E-state index contributed by atoms with van der Waals surface area (Å²) in [7, 11) is -1.87. The molecule has 0 unspecified atom stereocenters. The first-order valence-electron chi connectivity index (χ1n) is 7.11. The highest BCUT2D eigenvalue weighted by Gasteiger charge is 2.09. The third-order valence-corrected chi connectivity index (χ3v) is 4.50. The van der Waals surface area contributed by atoms with E-state index in [0.29, 0.717) is 19.4 Å².